The second-order valence-electron chi connectivity index (χ2n) is 6.32. The summed E-state index contributed by atoms with van der Waals surface area (Å²) in [7, 11) is 0. The molecule has 2 rings (SSSR count). The van der Waals surface area contributed by atoms with Crippen molar-refractivity contribution in [3.05, 3.63) is 35.4 Å². The standard InChI is InChI=1S/C16H21F3O4/c1-4-15(2,3)12-10-7-5-6-8-11(10)13(22-14(12)23-20)21-9-16(17,18)19/h5-8,12-14,20H,4,9H2,1-3H3. The third-order valence-electron chi connectivity index (χ3n) is 4.37. The van der Waals surface area contributed by atoms with Gasteiger partial charge in [-0.1, -0.05) is 51.5 Å². The van der Waals surface area contributed by atoms with E-state index in [0.717, 1.165) is 12.0 Å². The van der Waals surface area contributed by atoms with Gasteiger partial charge in [0, 0.05) is 11.5 Å². The Hall–Kier alpha value is -1.15. The van der Waals surface area contributed by atoms with Gasteiger partial charge in [-0.15, -0.1) is 0 Å². The largest absolute Gasteiger partial charge is 0.411 e. The van der Waals surface area contributed by atoms with Crippen molar-refractivity contribution in [3.63, 3.8) is 0 Å². The van der Waals surface area contributed by atoms with Crippen LogP contribution < -0.4 is 0 Å². The molecular weight excluding hydrogens is 313 g/mol. The molecular formula is C16H21F3O4. The Bertz CT molecular complexity index is 530. The lowest BCUT2D eigenvalue weighted by Gasteiger charge is -2.43. The maximum absolute atomic E-state index is 12.4. The van der Waals surface area contributed by atoms with Gasteiger partial charge in [-0.2, -0.15) is 13.2 Å². The van der Waals surface area contributed by atoms with Crippen LogP contribution in [0.4, 0.5) is 13.2 Å². The van der Waals surface area contributed by atoms with Gasteiger partial charge in [-0.25, -0.2) is 10.1 Å². The molecule has 0 aromatic heterocycles. The summed E-state index contributed by atoms with van der Waals surface area (Å²) in [5.41, 5.74) is 0.992. The van der Waals surface area contributed by atoms with Crippen LogP contribution in [0.25, 0.3) is 0 Å². The fraction of sp³-hybridized carbons (Fsp3) is 0.625. The topological polar surface area (TPSA) is 47.9 Å². The van der Waals surface area contributed by atoms with Crippen LogP contribution in [0.3, 0.4) is 0 Å². The van der Waals surface area contributed by atoms with Crippen LogP contribution in [0.5, 0.6) is 0 Å². The lowest BCUT2D eigenvalue weighted by Crippen LogP contribution is -2.41. The fourth-order valence-corrected chi connectivity index (χ4v) is 2.82. The molecule has 1 N–H and O–H groups in total. The van der Waals surface area contributed by atoms with E-state index >= 15 is 0 Å². The smallest absolute Gasteiger partial charge is 0.339 e. The Labute approximate surface area is 133 Å². The van der Waals surface area contributed by atoms with E-state index in [1.807, 2.05) is 20.8 Å². The highest BCUT2D eigenvalue weighted by molar-refractivity contribution is 5.35. The van der Waals surface area contributed by atoms with E-state index in [1.165, 1.54) is 0 Å². The molecule has 1 aromatic carbocycles. The molecule has 7 heteroatoms. The zero-order chi connectivity index (χ0) is 17.3. The first kappa shape index (κ1) is 18.2. The van der Waals surface area contributed by atoms with Gasteiger partial charge in [-0.3, -0.25) is 0 Å². The summed E-state index contributed by atoms with van der Waals surface area (Å²) in [5.74, 6) is -0.334. The van der Waals surface area contributed by atoms with Crippen LogP contribution in [0.1, 0.15) is 50.5 Å². The minimum atomic E-state index is -4.46. The lowest BCUT2D eigenvalue weighted by atomic mass is 9.70. The molecule has 1 heterocycles. The van der Waals surface area contributed by atoms with Gasteiger partial charge in [0.1, 0.15) is 6.61 Å². The number of benzene rings is 1. The van der Waals surface area contributed by atoms with Gasteiger partial charge in [0.15, 0.2) is 6.29 Å². The van der Waals surface area contributed by atoms with Gasteiger partial charge in [-0.05, 0) is 11.0 Å². The van der Waals surface area contributed by atoms with Crippen molar-refractivity contribution in [3.8, 4) is 0 Å². The number of hydrogen-bond donors (Lipinski definition) is 1. The van der Waals surface area contributed by atoms with E-state index in [0.29, 0.717) is 5.56 Å². The van der Waals surface area contributed by atoms with Crippen molar-refractivity contribution in [2.45, 2.75) is 51.9 Å². The predicted octanol–water partition coefficient (Wildman–Crippen LogP) is 4.63. The minimum Gasteiger partial charge on any atom is -0.339 e. The Kier molecular flexibility index (Phi) is 5.35. The molecule has 4 nitrogen and oxygen atoms in total. The maximum Gasteiger partial charge on any atom is 0.411 e. The quantitative estimate of drug-likeness (QED) is 0.630. The van der Waals surface area contributed by atoms with Crippen LogP contribution in [0.15, 0.2) is 24.3 Å². The first-order chi connectivity index (χ1) is 10.7. The molecule has 130 valence electrons. The van der Waals surface area contributed by atoms with Gasteiger partial charge >= 0.3 is 6.18 Å². The van der Waals surface area contributed by atoms with E-state index in [2.05, 4.69) is 4.89 Å². The number of halogens is 3. The summed E-state index contributed by atoms with van der Waals surface area (Å²) in [6, 6.07) is 6.97. The monoisotopic (exact) mass is 334 g/mol. The average molecular weight is 334 g/mol. The molecule has 1 aliphatic rings. The Morgan fingerprint density at radius 3 is 2.30 bits per heavy atom. The maximum atomic E-state index is 12.4. The summed E-state index contributed by atoms with van der Waals surface area (Å²) < 4.78 is 47.6. The second kappa shape index (κ2) is 6.76. The normalized spacial score (nSPS) is 25.3. The van der Waals surface area contributed by atoms with Crippen molar-refractivity contribution in [2.75, 3.05) is 6.61 Å². The van der Waals surface area contributed by atoms with Crippen LogP contribution in [0, 0.1) is 5.41 Å². The summed E-state index contributed by atoms with van der Waals surface area (Å²) in [4.78, 5) is 4.43. The fourth-order valence-electron chi connectivity index (χ4n) is 2.82. The molecule has 0 fully saturated rings. The van der Waals surface area contributed by atoms with Crippen LogP contribution >= 0.6 is 0 Å². The molecule has 3 unspecified atom stereocenters. The van der Waals surface area contributed by atoms with Crippen molar-refractivity contribution >= 4 is 0 Å². The highest BCUT2D eigenvalue weighted by atomic mass is 19.4. The van der Waals surface area contributed by atoms with Crippen molar-refractivity contribution in [1.29, 1.82) is 0 Å². The van der Waals surface area contributed by atoms with Crippen LogP contribution in [-0.2, 0) is 14.4 Å². The molecule has 0 spiro atoms. The summed E-state index contributed by atoms with van der Waals surface area (Å²) in [6.07, 6.45) is -6.04. The molecule has 1 aliphatic heterocycles. The van der Waals surface area contributed by atoms with Gasteiger partial charge in [0.25, 0.3) is 0 Å². The number of fused-ring (bicyclic) bond motifs is 1. The first-order valence-corrected chi connectivity index (χ1v) is 7.42. The van der Waals surface area contributed by atoms with E-state index in [9.17, 15) is 18.4 Å². The van der Waals surface area contributed by atoms with E-state index in [-0.39, 0.29) is 11.3 Å². The minimum absolute atomic E-state index is 0.293. The van der Waals surface area contributed by atoms with Crippen LogP contribution in [-0.4, -0.2) is 24.3 Å². The average Bonchev–Trinajstić information content (AvgIpc) is 2.50. The molecule has 0 saturated carbocycles. The third-order valence-corrected chi connectivity index (χ3v) is 4.37. The van der Waals surface area contributed by atoms with Crippen LogP contribution in [0.2, 0.25) is 0 Å². The van der Waals surface area contributed by atoms with Crippen molar-refractivity contribution in [1.82, 2.24) is 0 Å². The van der Waals surface area contributed by atoms with Crippen molar-refractivity contribution < 1.29 is 32.8 Å². The summed E-state index contributed by atoms with van der Waals surface area (Å²) in [5, 5.41) is 9.19. The number of alkyl halides is 3. The summed E-state index contributed by atoms with van der Waals surface area (Å²) >= 11 is 0. The number of ether oxygens (including phenoxy) is 2. The molecule has 23 heavy (non-hydrogen) atoms. The van der Waals surface area contributed by atoms with Gasteiger partial charge in [0.2, 0.25) is 6.29 Å². The molecule has 0 bridgehead atoms. The Balaban J connectivity index is 2.38. The molecule has 0 saturated heterocycles. The van der Waals surface area contributed by atoms with Gasteiger partial charge < -0.3 is 9.47 Å². The highest BCUT2D eigenvalue weighted by Gasteiger charge is 2.45. The summed E-state index contributed by atoms with van der Waals surface area (Å²) in [6.45, 7) is 4.52. The van der Waals surface area contributed by atoms with Gasteiger partial charge in [0.05, 0.1) is 0 Å². The molecule has 0 amide bonds. The number of hydrogen-bond acceptors (Lipinski definition) is 4. The molecule has 0 aliphatic carbocycles. The zero-order valence-corrected chi connectivity index (χ0v) is 13.3. The SMILES string of the molecule is CCC(C)(C)C1c2ccccc2C(OCC(F)(F)F)OC1OO. The van der Waals surface area contributed by atoms with E-state index in [4.69, 9.17) is 9.47 Å². The third kappa shape index (κ3) is 4.03. The Morgan fingerprint density at radius 2 is 1.78 bits per heavy atom. The first-order valence-electron chi connectivity index (χ1n) is 7.42. The van der Waals surface area contributed by atoms with E-state index < -0.39 is 25.4 Å². The Morgan fingerprint density at radius 1 is 1.17 bits per heavy atom. The zero-order valence-electron chi connectivity index (χ0n) is 13.3. The molecule has 1 aromatic rings. The number of rotatable bonds is 5. The predicted molar refractivity (Wildman–Crippen MR) is 76.6 cm³/mol. The van der Waals surface area contributed by atoms with E-state index in [1.54, 1.807) is 24.3 Å². The highest BCUT2D eigenvalue weighted by Crippen LogP contribution is 2.49. The second-order valence-corrected chi connectivity index (χ2v) is 6.32. The van der Waals surface area contributed by atoms with Crippen molar-refractivity contribution in [2.24, 2.45) is 5.41 Å². The molecule has 0 radical (unpaired) electrons. The lowest BCUT2D eigenvalue weighted by molar-refractivity contribution is -0.395. The molecule has 3 atom stereocenters.